The summed E-state index contributed by atoms with van der Waals surface area (Å²) in [6.45, 7) is 4.08. The monoisotopic (exact) mass is 432 g/mol. The van der Waals surface area contributed by atoms with Crippen LogP contribution in [0.5, 0.6) is 0 Å². The first-order chi connectivity index (χ1) is 15.4. The van der Waals surface area contributed by atoms with E-state index in [1.807, 2.05) is 56.3 Å². The van der Waals surface area contributed by atoms with Crippen LogP contribution in [-0.2, 0) is 17.8 Å². The number of carboxylic acids is 1. The summed E-state index contributed by atoms with van der Waals surface area (Å²) < 4.78 is 17.0. The predicted octanol–water partition coefficient (Wildman–Crippen LogP) is 5.14. The zero-order valence-electron chi connectivity index (χ0n) is 18.1. The Bertz CT molecular complexity index is 1320. The van der Waals surface area contributed by atoms with Crippen molar-refractivity contribution in [2.24, 2.45) is 0 Å². The maximum Gasteiger partial charge on any atom is 0.355 e. The van der Waals surface area contributed by atoms with Gasteiger partial charge in [0.25, 0.3) is 0 Å². The summed E-state index contributed by atoms with van der Waals surface area (Å²) in [5.41, 5.74) is 1.42. The molecule has 0 aliphatic heterocycles. The van der Waals surface area contributed by atoms with Gasteiger partial charge in [-0.3, -0.25) is 4.79 Å². The van der Waals surface area contributed by atoms with Crippen LogP contribution in [-0.4, -0.2) is 27.6 Å². The van der Waals surface area contributed by atoms with Gasteiger partial charge in [0.15, 0.2) is 11.5 Å². The molecule has 4 aromatic rings. The SMILES string of the molecule is CC[C@H](C)NC(=O)Cc1cccc2c1c(F)c(C(=O)O)n2Cc1cccc2ccccc12. The molecular formula is C26H25FN2O3. The molecule has 0 saturated carbocycles. The highest BCUT2D eigenvalue weighted by Crippen LogP contribution is 2.30. The molecule has 1 aromatic heterocycles. The molecule has 32 heavy (non-hydrogen) atoms. The van der Waals surface area contributed by atoms with Crippen LogP contribution in [0, 0.1) is 5.82 Å². The molecule has 0 aliphatic carbocycles. The number of carbonyl (C=O) groups is 2. The van der Waals surface area contributed by atoms with Crippen LogP contribution >= 0.6 is 0 Å². The lowest BCUT2D eigenvalue weighted by Gasteiger charge is -2.13. The van der Waals surface area contributed by atoms with E-state index in [0.717, 1.165) is 22.8 Å². The lowest BCUT2D eigenvalue weighted by atomic mass is 10.0. The number of halogens is 1. The fourth-order valence-electron chi connectivity index (χ4n) is 4.14. The van der Waals surface area contributed by atoms with Crippen LogP contribution in [0.4, 0.5) is 4.39 Å². The zero-order valence-corrected chi connectivity index (χ0v) is 18.1. The van der Waals surface area contributed by atoms with Gasteiger partial charge in [0.1, 0.15) is 0 Å². The molecule has 6 heteroatoms. The van der Waals surface area contributed by atoms with Crippen LogP contribution in [0.15, 0.2) is 60.7 Å². The first-order valence-electron chi connectivity index (χ1n) is 10.7. The number of rotatable bonds is 7. The minimum Gasteiger partial charge on any atom is -0.476 e. The van der Waals surface area contributed by atoms with Crippen molar-refractivity contribution in [2.45, 2.75) is 39.3 Å². The molecule has 4 rings (SSSR count). The average Bonchev–Trinajstić information content (AvgIpc) is 3.06. The minimum atomic E-state index is -1.34. The molecule has 0 fully saturated rings. The molecule has 164 valence electrons. The van der Waals surface area contributed by atoms with Crippen molar-refractivity contribution in [2.75, 3.05) is 0 Å². The maximum atomic E-state index is 15.5. The molecule has 3 aromatic carbocycles. The van der Waals surface area contributed by atoms with Gasteiger partial charge in [0, 0.05) is 18.0 Å². The van der Waals surface area contributed by atoms with E-state index in [1.54, 1.807) is 18.2 Å². The Morgan fingerprint density at radius 3 is 2.47 bits per heavy atom. The number of hydrogen-bond acceptors (Lipinski definition) is 2. The van der Waals surface area contributed by atoms with Gasteiger partial charge in [0.2, 0.25) is 5.91 Å². The first-order valence-corrected chi connectivity index (χ1v) is 10.7. The van der Waals surface area contributed by atoms with Crippen LogP contribution < -0.4 is 5.32 Å². The van der Waals surface area contributed by atoms with Gasteiger partial charge in [-0.15, -0.1) is 0 Å². The van der Waals surface area contributed by atoms with Gasteiger partial charge in [-0.2, -0.15) is 0 Å². The van der Waals surface area contributed by atoms with E-state index < -0.39 is 17.5 Å². The number of hydrogen-bond donors (Lipinski definition) is 2. The molecule has 0 spiro atoms. The third-order valence-electron chi connectivity index (χ3n) is 5.90. The third-order valence-corrected chi connectivity index (χ3v) is 5.90. The summed E-state index contributed by atoms with van der Waals surface area (Å²) in [5, 5.41) is 14.9. The quantitative estimate of drug-likeness (QED) is 0.425. The standard InChI is InChI=1S/C26H25FN2O3/c1-3-16(2)28-22(30)14-18-10-7-13-21-23(18)24(27)25(26(31)32)29(21)15-19-11-6-9-17-8-4-5-12-20(17)19/h4-13,16H,3,14-15H2,1-2H3,(H,28,30)(H,31,32)/t16-/m0/s1. The second-order valence-electron chi connectivity index (χ2n) is 8.06. The van der Waals surface area contributed by atoms with Gasteiger partial charge < -0.3 is 15.0 Å². The Hall–Kier alpha value is -3.67. The van der Waals surface area contributed by atoms with Crippen LogP contribution in [0.3, 0.4) is 0 Å². The maximum absolute atomic E-state index is 15.5. The Morgan fingerprint density at radius 2 is 1.72 bits per heavy atom. The molecule has 0 radical (unpaired) electrons. The van der Waals surface area contributed by atoms with Crippen molar-refractivity contribution in [3.63, 3.8) is 0 Å². The number of aromatic nitrogens is 1. The number of fused-ring (bicyclic) bond motifs is 2. The molecule has 5 nitrogen and oxygen atoms in total. The lowest BCUT2D eigenvalue weighted by Crippen LogP contribution is -2.33. The summed E-state index contributed by atoms with van der Waals surface area (Å²) in [7, 11) is 0. The van der Waals surface area contributed by atoms with Crippen molar-refractivity contribution in [1.29, 1.82) is 0 Å². The molecule has 1 atom stereocenters. The number of carbonyl (C=O) groups excluding carboxylic acids is 1. The summed E-state index contributed by atoms with van der Waals surface area (Å²) in [4.78, 5) is 24.5. The van der Waals surface area contributed by atoms with E-state index in [1.165, 1.54) is 4.57 Å². The highest BCUT2D eigenvalue weighted by Gasteiger charge is 2.25. The van der Waals surface area contributed by atoms with Crippen molar-refractivity contribution < 1.29 is 19.1 Å². The second-order valence-corrected chi connectivity index (χ2v) is 8.06. The van der Waals surface area contributed by atoms with E-state index in [2.05, 4.69) is 5.32 Å². The van der Waals surface area contributed by atoms with Gasteiger partial charge in [0.05, 0.1) is 11.9 Å². The fraction of sp³-hybridized carbons (Fsp3) is 0.231. The topological polar surface area (TPSA) is 71.3 Å². The molecule has 1 heterocycles. The molecule has 0 aliphatic rings. The molecule has 2 N–H and O–H groups in total. The number of aromatic carboxylic acids is 1. The van der Waals surface area contributed by atoms with E-state index >= 15 is 4.39 Å². The van der Waals surface area contributed by atoms with Crippen molar-refractivity contribution in [3.05, 3.63) is 83.3 Å². The normalized spacial score (nSPS) is 12.2. The molecule has 0 unspecified atom stereocenters. The largest absolute Gasteiger partial charge is 0.476 e. The molecular weight excluding hydrogens is 407 g/mol. The lowest BCUT2D eigenvalue weighted by molar-refractivity contribution is -0.121. The Balaban J connectivity index is 1.83. The summed E-state index contributed by atoms with van der Waals surface area (Å²) in [5.74, 6) is -2.36. The average molecular weight is 432 g/mol. The number of carboxylic acid groups (broad SMARTS) is 1. The zero-order chi connectivity index (χ0) is 22.8. The van der Waals surface area contributed by atoms with E-state index in [4.69, 9.17) is 0 Å². The number of nitrogens with zero attached hydrogens (tertiary/aromatic N) is 1. The summed E-state index contributed by atoms with van der Waals surface area (Å²) in [6, 6.07) is 18.8. The Kier molecular flexibility index (Phi) is 5.95. The van der Waals surface area contributed by atoms with Gasteiger partial charge in [-0.25, -0.2) is 9.18 Å². The smallest absolute Gasteiger partial charge is 0.355 e. The molecule has 0 saturated heterocycles. The summed E-state index contributed by atoms with van der Waals surface area (Å²) in [6.07, 6.45) is 0.769. The first kappa shape index (κ1) is 21.6. The number of benzene rings is 3. The Labute approximate surface area is 185 Å². The van der Waals surface area contributed by atoms with Crippen LogP contribution in [0.2, 0.25) is 0 Å². The van der Waals surface area contributed by atoms with Crippen LogP contribution in [0.1, 0.15) is 41.9 Å². The number of nitrogens with one attached hydrogen (secondary N) is 1. The summed E-state index contributed by atoms with van der Waals surface area (Å²) >= 11 is 0. The van der Waals surface area contributed by atoms with Gasteiger partial charge in [-0.1, -0.05) is 61.5 Å². The van der Waals surface area contributed by atoms with Crippen molar-refractivity contribution >= 4 is 33.6 Å². The molecule has 1 amide bonds. The van der Waals surface area contributed by atoms with Gasteiger partial charge in [-0.05, 0) is 41.3 Å². The van der Waals surface area contributed by atoms with Crippen LogP contribution in [0.25, 0.3) is 21.7 Å². The van der Waals surface area contributed by atoms with E-state index in [9.17, 15) is 14.7 Å². The van der Waals surface area contributed by atoms with E-state index in [-0.39, 0.29) is 30.3 Å². The van der Waals surface area contributed by atoms with Crippen molar-refractivity contribution in [3.8, 4) is 0 Å². The van der Waals surface area contributed by atoms with E-state index in [0.29, 0.717) is 11.1 Å². The molecule has 0 bridgehead atoms. The minimum absolute atomic E-state index is 0.0112. The Morgan fingerprint density at radius 1 is 1.03 bits per heavy atom. The van der Waals surface area contributed by atoms with Gasteiger partial charge >= 0.3 is 5.97 Å². The highest BCUT2D eigenvalue weighted by atomic mass is 19.1. The fourth-order valence-corrected chi connectivity index (χ4v) is 4.14. The second kappa shape index (κ2) is 8.83. The number of amides is 1. The third kappa shape index (κ3) is 3.96. The predicted molar refractivity (Wildman–Crippen MR) is 124 cm³/mol. The van der Waals surface area contributed by atoms with Crippen molar-refractivity contribution in [1.82, 2.24) is 9.88 Å². The highest BCUT2D eigenvalue weighted by molar-refractivity contribution is 5.98.